The number of nitrogens with zero attached hydrogens (tertiary/aromatic N) is 6. The van der Waals surface area contributed by atoms with Gasteiger partial charge in [-0.05, 0) is 52.2 Å². The summed E-state index contributed by atoms with van der Waals surface area (Å²) in [5.41, 5.74) is 2.59. The van der Waals surface area contributed by atoms with E-state index in [9.17, 15) is 24.6 Å². The first-order valence-electron chi connectivity index (χ1n) is 19.4. The molecule has 4 amide bonds. The molecule has 6 rings (SSSR count). The highest BCUT2D eigenvalue weighted by atomic mass is 16.6. The smallest absolute Gasteiger partial charge is 0.317 e. The van der Waals surface area contributed by atoms with Gasteiger partial charge in [0.05, 0.1) is 6.33 Å². The molecule has 4 aromatic rings. The second-order valence-electron chi connectivity index (χ2n) is 14.9. The fourth-order valence-electron chi connectivity index (χ4n) is 7.53. The lowest BCUT2D eigenvalue weighted by Crippen LogP contribution is -2.46. The van der Waals surface area contributed by atoms with E-state index in [1.807, 2.05) is 36.4 Å². The average Bonchev–Trinajstić information content (AvgIpc) is 3.91. The number of rotatable bonds is 15. The predicted molar refractivity (Wildman–Crippen MR) is 211 cm³/mol. The molecule has 2 aromatic carbocycles. The molecule has 0 saturated carbocycles. The SMILES string of the molecule is CCNC(=O)[C@H]1O[C@@H](n2cnc3c(NCC(c4ccccc4)c4ccccc4)nc(C(=O)N[C@@H]4CCN(C(=O)NCCN(C(C)C)C(C)C)C4)nc32)[C@H](O)[C@@H]1O. The van der Waals surface area contributed by atoms with Crippen LogP contribution < -0.4 is 21.3 Å². The van der Waals surface area contributed by atoms with Crippen molar-refractivity contribution in [3.05, 3.63) is 83.9 Å². The van der Waals surface area contributed by atoms with Crippen LogP contribution in [-0.4, -0.2) is 133 Å². The van der Waals surface area contributed by atoms with E-state index in [1.54, 1.807) is 11.8 Å². The van der Waals surface area contributed by atoms with Crippen molar-refractivity contribution in [3.8, 4) is 0 Å². The van der Waals surface area contributed by atoms with Crippen molar-refractivity contribution in [2.45, 2.75) is 89.6 Å². The van der Waals surface area contributed by atoms with Gasteiger partial charge in [0, 0.05) is 63.3 Å². The first-order valence-corrected chi connectivity index (χ1v) is 19.4. The van der Waals surface area contributed by atoms with Crippen LogP contribution in [0.2, 0.25) is 0 Å². The third-order valence-corrected chi connectivity index (χ3v) is 10.4. The molecule has 2 aliphatic rings. The van der Waals surface area contributed by atoms with Gasteiger partial charge >= 0.3 is 6.03 Å². The Balaban J connectivity index is 1.24. The molecule has 0 bridgehead atoms. The summed E-state index contributed by atoms with van der Waals surface area (Å²) in [5.74, 6) is -1.12. The van der Waals surface area contributed by atoms with E-state index in [1.165, 1.54) is 10.9 Å². The Hall–Kier alpha value is -5.16. The maximum absolute atomic E-state index is 13.9. The van der Waals surface area contributed by atoms with E-state index in [0.717, 1.165) is 17.7 Å². The van der Waals surface area contributed by atoms with E-state index in [-0.39, 0.29) is 35.3 Å². The fraction of sp³-hybridized carbons (Fsp3) is 0.500. The molecule has 300 valence electrons. The van der Waals surface area contributed by atoms with E-state index in [4.69, 9.17) is 4.74 Å². The quantitative estimate of drug-likeness (QED) is 0.104. The number of likely N-dealkylation sites (N-methyl/N-ethyl adjacent to an activating group) is 1. The molecule has 0 aliphatic carbocycles. The van der Waals surface area contributed by atoms with Crippen molar-refractivity contribution in [2.24, 2.45) is 0 Å². The molecule has 16 heteroatoms. The van der Waals surface area contributed by atoms with Crippen LogP contribution in [0.5, 0.6) is 0 Å². The van der Waals surface area contributed by atoms with Crippen molar-refractivity contribution in [2.75, 3.05) is 44.6 Å². The first kappa shape index (κ1) is 40.5. The van der Waals surface area contributed by atoms with Gasteiger partial charge in [-0.1, -0.05) is 60.7 Å². The largest absolute Gasteiger partial charge is 0.387 e. The molecule has 6 N–H and O–H groups in total. The Kier molecular flexibility index (Phi) is 13.2. The van der Waals surface area contributed by atoms with Crippen LogP contribution in [0.25, 0.3) is 11.2 Å². The van der Waals surface area contributed by atoms with Gasteiger partial charge in [-0.3, -0.25) is 19.1 Å². The third kappa shape index (κ3) is 9.10. The lowest BCUT2D eigenvalue weighted by Gasteiger charge is -2.30. The number of amides is 4. The number of aliphatic hydroxyl groups is 2. The zero-order valence-electron chi connectivity index (χ0n) is 32.6. The Morgan fingerprint density at radius 1 is 0.929 bits per heavy atom. The summed E-state index contributed by atoms with van der Waals surface area (Å²) in [6.07, 6.45) is -3.66. The van der Waals surface area contributed by atoms with E-state index in [0.29, 0.717) is 56.7 Å². The molecular weight excluding hydrogens is 717 g/mol. The molecule has 0 unspecified atom stereocenters. The number of carbonyl (C=O) groups excluding carboxylic acids is 3. The summed E-state index contributed by atoms with van der Waals surface area (Å²) in [4.78, 5) is 57.4. The number of aliphatic hydroxyl groups excluding tert-OH is 2. The number of fused-ring (bicyclic) bond motifs is 1. The molecule has 2 fully saturated rings. The highest BCUT2D eigenvalue weighted by Crippen LogP contribution is 2.33. The summed E-state index contributed by atoms with van der Waals surface area (Å²) in [6.45, 7) is 13.0. The van der Waals surface area contributed by atoms with Gasteiger partial charge in [0.2, 0.25) is 5.82 Å². The maximum Gasteiger partial charge on any atom is 0.317 e. The second kappa shape index (κ2) is 18.2. The number of hydrogen-bond donors (Lipinski definition) is 6. The zero-order chi connectivity index (χ0) is 39.9. The number of hydrogen-bond acceptors (Lipinski definition) is 11. The molecule has 2 aliphatic heterocycles. The Morgan fingerprint density at radius 3 is 2.21 bits per heavy atom. The molecule has 5 atom stereocenters. The van der Waals surface area contributed by atoms with Gasteiger partial charge in [-0.25, -0.2) is 19.7 Å². The van der Waals surface area contributed by atoms with E-state index < -0.39 is 36.4 Å². The van der Waals surface area contributed by atoms with Crippen molar-refractivity contribution in [1.82, 2.24) is 45.3 Å². The number of anilines is 1. The van der Waals surface area contributed by atoms with Gasteiger partial charge in [-0.15, -0.1) is 0 Å². The lowest BCUT2D eigenvalue weighted by molar-refractivity contribution is -0.137. The van der Waals surface area contributed by atoms with Crippen LogP contribution in [-0.2, 0) is 9.53 Å². The minimum Gasteiger partial charge on any atom is -0.387 e. The molecule has 2 saturated heterocycles. The van der Waals surface area contributed by atoms with Crippen molar-refractivity contribution >= 4 is 34.8 Å². The van der Waals surface area contributed by atoms with Gasteiger partial charge in [0.15, 0.2) is 29.3 Å². The lowest BCUT2D eigenvalue weighted by atomic mass is 9.91. The zero-order valence-corrected chi connectivity index (χ0v) is 32.6. The Morgan fingerprint density at radius 2 is 1.59 bits per heavy atom. The number of likely N-dealkylation sites (tertiary alicyclic amines) is 1. The van der Waals surface area contributed by atoms with E-state index in [2.05, 4.69) is 93.1 Å². The van der Waals surface area contributed by atoms with Crippen LogP contribution in [0, 0.1) is 0 Å². The number of carbonyl (C=O) groups is 3. The molecular formula is C40H54N10O6. The van der Waals surface area contributed by atoms with Crippen LogP contribution in [0.3, 0.4) is 0 Å². The standard InChI is InChI=1S/C40H54N10O6/c1-6-41-37(53)33-31(51)32(52)39(56-33)50-23-44-30-34(43-21-29(26-13-9-7-10-14-26)27-15-11-8-12-16-27)46-35(47-36(30)50)38(54)45-28-17-19-48(22-28)40(55)42-18-20-49(24(2)3)25(4)5/h7-16,23-25,28-29,31-33,39,51-52H,6,17-22H2,1-5H3,(H,41,53)(H,42,55)(H,45,54)(H,43,46,47)/t28-,31+,32-,33+,39-/m1/s1. The highest BCUT2D eigenvalue weighted by molar-refractivity contribution is 5.95. The number of benzene rings is 2. The van der Waals surface area contributed by atoms with Crippen molar-refractivity contribution < 1.29 is 29.3 Å². The number of urea groups is 1. The topological polar surface area (TPSA) is 199 Å². The predicted octanol–water partition coefficient (Wildman–Crippen LogP) is 2.46. The number of aromatic nitrogens is 4. The summed E-state index contributed by atoms with van der Waals surface area (Å²) in [6, 6.07) is 20.2. The number of nitrogens with one attached hydrogen (secondary N) is 4. The first-order chi connectivity index (χ1) is 27.0. The summed E-state index contributed by atoms with van der Waals surface area (Å²) < 4.78 is 7.30. The molecule has 0 radical (unpaired) electrons. The molecule has 56 heavy (non-hydrogen) atoms. The fourth-order valence-corrected chi connectivity index (χ4v) is 7.53. The highest BCUT2D eigenvalue weighted by Gasteiger charge is 2.48. The molecule has 2 aromatic heterocycles. The average molecular weight is 771 g/mol. The minimum atomic E-state index is -1.52. The van der Waals surface area contributed by atoms with Gasteiger partial charge in [-0.2, -0.15) is 0 Å². The molecule has 16 nitrogen and oxygen atoms in total. The van der Waals surface area contributed by atoms with Crippen molar-refractivity contribution in [1.29, 1.82) is 0 Å². The Labute approximate surface area is 327 Å². The second-order valence-corrected chi connectivity index (χ2v) is 14.9. The number of imidazole rings is 1. The third-order valence-electron chi connectivity index (χ3n) is 10.4. The van der Waals surface area contributed by atoms with Gasteiger partial charge < -0.3 is 41.1 Å². The molecule has 4 heterocycles. The van der Waals surface area contributed by atoms with Crippen molar-refractivity contribution in [3.63, 3.8) is 0 Å². The summed E-state index contributed by atoms with van der Waals surface area (Å²) >= 11 is 0. The van der Waals surface area contributed by atoms with Crippen LogP contribution >= 0.6 is 0 Å². The summed E-state index contributed by atoms with van der Waals surface area (Å²) in [7, 11) is 0. The normalized spacial score (nSPS) is 21.1. The molecule has 0 spiro atoms. The van der Waals surface area contributed by atoms with E-state index >= 15 is 0 Å². The van der Waals surface area contributed by atoms with Gasteiger partial charge in [0.1, 0.15) is 12.2 Å². The number of ether oxygens (including phenoxy) is 1. The Bertz CT molecular complexity index is 1900. The summed E-state index contributed by atoms with van der Waals surface area (Å²) in [5, 5.41) is 33.9. The monoisotopic (exact) mass is 770 g/mol. The van der Waals surface area contributed by atoms with Gasteiger partial charge in [0.25, 0.3) is 11.8 Å². The van der Waals surface area contributed by atoms with Crippen LogP contribution in [0.15, 0.2) is 67.0 Å². The van der Waals surface area contributed by atoms with Crippen LogP contribution in [0.4, 0.5) is 10.6 Å². The minimum absolute atomic E-state index is 0.0933. The van der Waals surface area contributed by atoms with Crippen LogP contribution in [0.1, 0.15) is 74.9 Å². The maximum atomic E-state index is 13.9.